The van der Waals surface area contributed by atoms with E-state index in [0.29, 0.717) is 17.5 Å². The summed E-state index contributed by atoms with van der Waals surface area (Å²) in [4.78, 5) is 26.0. The number of fused-ring (bicyclic) bond motifs is 2. The van der Waals surface area contributed by atoms with E-state index in [0.717, 1.165) is 53.9 Å². The Kier molecular flexibility index (Phi) is 4.68. The van der Waals surface area contributed by atoms with Gasteiger partial charge in [0.1, 0.15) is 11.5 Å². The van der Waals surface area contributed by atoms with Crippen LogP contribution in [0.25, 0.3) is 27.8 Å². The number of nitrogens with one attached hydrogen (secondary N) is 2. The summed E-state index contributed by atoms with van der Waals surface area (Å²) in [6.07, 6.45) is 5.63. The summed E-state index contributed by atoms with van der Waals surface area (Å²) >= 11 is 0. The maximum Gasteiger partial charge on any atom is 0.228 e. The number of carbonyl (C=O) groups is 1. The molecule has 4 aromatic heterocycles. The van der Waals surface area contributed by atoms with E-state index in [1.165, 1.54) is 0 Å². The number of rotatable bonds is 4. The van der Waals surface area contributed by atoms with Gasteiger partial charge in [0.25, 0.3) is 0 Å². The molecular weight excluding hydrogens is 396 g/mol. The summed E-state index contributed by atoms with van der Waals surface area (Å²) < 4.78 is 7.58. The zero-order chi connectivity index (χ0) is 21.5. The number of aromatic nitrogens is 6. The fourth-order valence-corrected chi connectivity index (χ4v) is 4.13. The van der Waals surface area contributed by atoms with Crippen molar-refractivity contribution in [3.63, 3.8) is 0 Å². The summed E-state index contributed by atoms with van der Waals surface area (Å²) in [5.41, 5.74) is 3.43. The molecule has 0 aliphatic carbocycles. The van der Waals surface area contributed by atoms with E-state index in [1.54, 1.807) is 14.0 Å². The summed E-state index contributed by atoms with van der Waals surface area (Å²) in [5, 5.41) is 12.5. The lowest BCUT2D eigenvalue weighted by atomic mass is 10.1. The van der Waals surface area contributed by atoms with Gasteiger partial charge in [0.15, 0.2) is 5.65 Å². The zero-order valence-electron chi connectivity index (χ0n) is 17.7. The van der Waals surface area contributed by atoms with E-state index in [1.807, 2.05) is 40.8 Å². The summed E-state index contributed by atoms with van der Waals surface area (Å²) in [6, 6.07) is 4.15. The molecule has 2 N–H and O–H groups in total. The molecule has 0 aromatic carbocycles. The number of H-pyrrole nitrogens is 1. The van der Waals surface area contributed by atoms with Gasteiger partial charge < -0.3 is 19.9 Å². The van der Waals surface area contributed by atoms with Gasteiger partial charge in [-0.05, 0) is 31.9 Å². The van der Waals surface area contributed by atoms with Crippen LogP contribution in [0.5, 0.6) is 5.88 Å². The van der Waals surface area contributed by atoms with Crippen LogP contribution in [0.4, 0.5) is 5.95 Å². The molecule has 1 saturated heterocycles. The van der Waals surface area contributed by atoms with Gasteiger partial charge in [-0.3, -0.25) is 9.20 Å². The topological polar surface area (TPSA) is 113 Å². The second kappa shape index (κ2) is 7.53. The second-order valence-electron chi connectivity index (χ2n) is 7.80. The normalized spacial score (nSPS) is 15.0. The van der Waals surface area contributed by atoms with Gasteiger partial charge in [0.2, 0.25) is 17.7 Å². The molecular formula is C21H24N8O2. The molecule has 0 bridgehead atoms. The van der Waals surface area contributed by atoms with Crippen molar-refractivity contribution in [1.29, 1.82) is 0 Å². The van der Waals surface area contributed by atoms with E-state index in [4.69, 9.17) is 4.74 Å². The number of likely N-dealkylation sites (tertiary alicyclic amines) is 1. The van der Waals surface area contributed by atoms with Crippen molar-refractivity contribution >= 4 is 28.5 Å². The first-order valence-electron chi connectivity index (χ1n) is 10.3. The quantitative estimate of drug-likeness (QED) is 0.521. The number of methoxy groups -OCH3 is 1. The number of aryl methyl sites for hydroxylation is 1. The first-order chi connectivity index (χ1) is 15.0. The molecule has 0 saturated carbocycles. The minimum Gasteiger partial charge on any atom is -0.480 e. The molecule has 1 aliphatic rings. The highest BCUT2D eigenvalue weighted by molar-refractivity contribution is 5.97. The Morgan fingerprint density at radius 1 is 1.23 bits per heavy atom. The first kappa shape index (κ1) is 19.3. The molecule has 0 atom stereocenters. The van der Waals surface area contributed by atoms with Crippen LogP contribution in [-0.2, 0) is 4.79 Å². The molecule has 4 aromatic rings. The van der Waals surface area contributed by atoms with Crippen molar-refractivity contribution in [2.24, 2.45) is 0 Å². The lowest BCUT2D eigenvalue weighted by Gasteiger charge is -2.31. The molecule has 0 unspecified atom stereocenters. The number of anilines is 1. The number of piperidine rings is 1. The fraction of sp³-hybridized carbons (Fsp3) is 0.381. The number of hydrogen-bond acceptors (Lipinski definition) is 7. The van der Waals surface area contributed by atoms with E-state index in [2.05, 4.69) is 30.5 Å². The van der Waals surface area contributed by atoms with Crippen molar-refractivity contribution in [1.82, 2.24) is 34.4 Å². The van der Waals surface area contributed by atoms with Crippen LogP contribution in [-0.4, -0.2) is 66.6 Å². The standard InChI is InChI=1S/C21H24N8O2/c1-12-26-27-17-5-4-14(11-29(12)17)16-10-22-19-18(16)20(31-3)25-21(24-19)23-15-6-8-28(9-7-15)13(2)30/h4-5,10-11,15H,6-9H2,1-3H3,(H2,22,23,24,25). The number of pyridine rings is 1. The fourth-order valence-electron chi connectivity index (χ4n) is 4.13. The van der Waals surface area contributed by atoms with Crippen molar-refractivity contribution < 1.29 is 9.53 Å². The van der Waals surface area contributed by atoms with Crippen LogP contribution >= 0.6 is 0 Å². The van der Waals surface area contributed by atoms with Gasteiger partial charge in [-0.25, -0.2) is 0 Å². The number of nitrogens with zero attached hydrogens (tertiary/aromatic N) is 6. The number of aromatic amines is 1. The van der Waals surface area contributed by atoms with Crippen LogP contribution in [0.1, 0.15) is 25.6 Å². The predicted octanol–water partition coefficient (Wildman–Crippen LogP) is 2.41. The Labute approximate surface area is 178 Å². The zero-order valence-corrected chi connectivity index (χ0v) is 17.7. The SMILES string of the molecule is COc1nc(NC2CCN(C(C)=O)CC2)nc2[nH]cc(-c3ccc4nnc(C)n4c3)c12. The summed E-state index contributed by atoms with van der Waals surface area (Å²) in [6.45, 7) is 5.01. The van der Waals surface area contributed by atoms with Gasteiger partial charge in [-0.2, -0.15) is 9.97 Å². The third-order valence-corrected chi connectivity index (χ3v) is 5.85. The van der Waals surface area contributed by atoms with E-state index >= 15 is 0 Å². The third-order valence-electron chi connectivity index (χ3n) is 5.85. The number of ether oxygens (including phenoxy) is 1. The van der Waals surface area contributed by atoms with Crippen LogP contribution in [0.15, 0.2) is 24.5 Å². The molecule has 5 heterocycles. The molecule has 1 aliphatic heterocycles. The van der Waals surface area contributed by atoms with Crippen molar-refractivity contribution in [3.8, 4) is 17.0 Å². The third kappa shape index (κ3) is 3.43. The smallest absolute Gasteiger partial charge is 0.228 e. The largest absolute Gasteiger partial charge is 0.480 e. The maximum absolute atomic E-state index is 11.5. The Balaban J connectivity index is 1.46. The minimum absolute atomic E-state index is 0.122. The number of amides is 1. The van der Waals surface area contributed by atoms with E-state index < -0.39 is 0 Å². The Morgan fingerprint density at radius 2 is 2.03 bits per heavy atom. The molecule has 5 rings (SSSR count). The summed E-state index contributed by atoms with van der Waals surface area (Å²) in [7, 11) is 1.61. The van der Waals surface area contributed by atoms with Gasteiger partial charge in [-0.1, -0.05) is 0 Å². The molecule has 1 fully saturated rings. The van der Waals surface area contributed by atoms with Crippen molar-refractivity contribution in [3.05, 3.63) is 30.4 Å². The molecule has 1 amide bonds. The maximum atomic E-state index is 11.5. The van der Waals surface area contributed by atoms with Crippen LogP contribution in [0, 0.1) is 6.92 Å². The van der Waals surface area contributed by atoms with Gasteiger partial charge in [0.05, 0.1) is 12.5 Å². The highest BCUT2D eigenvalue weighted by Crippen LogP contribution is 2.34. The van der Waals surface area contributed by atoms with Gasteiger partial charge >= 0.3 is 0 Å². The second-order valence-corrected chi connectivity index (χ2v) is 7.80. The molecule has 10 nitrogen and oxygen atoms in total. The molecule has 0 radical (unpaired) electrons. The average molecular weight is 420 g/mol. The monoisotopic (exact) mass is 420 g/mol. The predicted molar refractivity (Wildman–Crippen MR) is 116 cm³/mol. The highest BCUT2D eigenvalue weighted by Gasteiger charge is 2.22. The van der Waals surface area contributed by atoms with Crippen molar-refractivity contribution in [2.45, 2.75) is 32.7 Å². The van der Waals surface area contributed by atoms with Crippen LogP contribution in [0.3, 0.4) is 0 Å². The first-order valence-corrected chi connectivity index (χ1v) is 10.3. The lowest BCUT2D eigenvalue weighted by Crippen LogP contribution is -2.41. The molecule has 0 spiro atoms. The van der Waals surface area contributed by atoms with Gasteiger partial charge in [-0.15, -0.1) is 10.2 Å². The van der Waals surface area contributed by atoms with Crippen molar-refractivity contribution in [2.75, 3.05) is 25.5 Å². The molecule has 160 valence electrons. The summed E-state index contributed by atoms with van der Waals surface area (Å²) in [5.74, 6) is 1.97. The molecule has 10 heteroatoms. The number of hydrogen-bond donors (Lipinski definition) is 2. The van der Waals surface area contributed by atoms with E-state index in [9.17, 15) is 4.79 Å². The van der Waals surface area contributed by atoms with Crippen LogP contribution < -0.4 is 10.1 Å². The van der Waals surface area contributed by atoms with Gasteiger partial charge in [0, 0.05) is 49.6 Å². The Morgan fingerprint density at radius 3 is 2.77 bits per heavy atom. The highest BCUT2D eigenvalue weighted by atomic mass is 16.5. The van der Waals surface area contributed by atoms with E-state index in [-0.39, 0.29) is 11.9 Å². The lowest BCUT2D eigenvalue weighted by molar-refractivity contribution is -0.129. The Bertz CT molecular complexity index is 1270. The van der Waals surface area contributed by atoms with Crippen LogP contribution in [0.2, 0.25) is 0 Å². The average Bonchev–Trinajstić information content (AvgIpc) is 3.37. The molecule has 31 heavy (non-hydrogen) atoms. The minimum atomic E-state index is 0.122. The number of carbonyl (C=O) groups excluding carboxylic acids is 1. The Hall–Kier alpha value is -3.69.